The van der Waals surface area contributed by atoms with Crippen molar-refractivity contribution in [2.75, 3.05) is 13.2 Å². The van der Waals surface area contributed by atoms with Gasteiger partial charge < -0.3 is 14.4 Å². The molecule has 0 aromatic heterocycles. The van der Waals surface area contributed by atoms with Gasteiger partial charge in [0, 0.05) is 6.54 Å². The van der Waals surface area contributed by atoms with Crippen molar-refractivity contribution in [1.82, 2.24) is 4.90 Å². The molecule has 1 atom stereocenters. The van der Waals surface area contributed by atoms with Gasteiger partial charge in [0.25, 0.3) is 0 Å². The zero-order chi connectivity index (χ0) is 27.8. The van der Waals surface area contributed by atoms with E-state index in [-0.39, 0.29) is 25.4 Å². The van der Waals surface area contributed by atoms with Gasteiger partial charge in [-0.25, -0.2) is 4.79 Å². The van der Waals surface area contributed by atoms with Gasteiger partial charge in [0.05, 0.1) is 23.6 Å². The van der Waals surface area contributed by atoms with Crippen LogP contribution >= 0.6 is 0 Å². The second-order valence-electron chi connectivity index (χ2n) is 11.6. The molecule has 0 spiro atoms. The highest BCUT2D eigenvalue weighted by Crippen LogP contribution is 2.59. The minimum absolute atomic E-state index is 0.113. The second kappa shape index (κ2) is 10.3. The predicted molar refractivity (Wildman–Crippen MR) is 132 cm³/mol. The van der Waals surface area contributed by atoms with Crippen molar-refractivity contribution in [3.05, 3.63) is 35.4 Å². The fourth-order valence-corrected chi connectivity index (χ4v) is 5.69. The van der Waals surface area contributed by atoms with E-state index in [2.05, 4.69) is 0 Å². The maximum atomic E-state index is 14.2. The zero-order valence-corrected chi connectivity index (χ0v) is 22.5. The van der Waals surface area contributed by atoms with Crippen LogP contribution in [0.1, 0.15) is 90.7 Å². The molecule has 3 aliphatic rings. The Morgan fingerprint density at radius 2 is 1.62 bits per heavy atom. The summed E-state index contributed by atoms with van der Waals surface area (Å²) in [5, 5.41) is 0. The second-order valence-corrected chi connectivity index (χ2v) is 11.6. The highest BCUT2D eigenvalue weighted by molar-refractivity contribution is 6.09. The molecule has 0 aliphatic heterocycles. The van der Waals surface area contributed by atoms with E-state index in [1.54, 1.807) is 32.6 Å². The SMILES string of the molecule is CCOC(=O)C12CCC(N(CCC(C)C)C(=O)OC(C)(C)C)(CC1)[C@@H](c1ccc(C(F)(F)F)cc1)C2=O. The number of carbonyl (C=O) groups is 3. The van der Waals surface area contributed by atoms with Gasteiger partial charge in [-0.2, -0.15) is 13.2 Å². The van der Waals surface area contributed by atoms with E-state index in [4.69, 9.17) is 9.47 Å². The average Bonchev–Trinajstić information content (AvgIpc) is 2.78. The fourth-order valence-electron chi connectivity index (χ4n) is 5.69. The number of ketones is 1. The number of rotatable bonds is 7. The van der Waals surface area contributed by atoms with E-state index in [1.807, 2.05) is 13.8 Å². The van der Waals surface area contributed by atoms with Crippen LogP contribution in [-0.4, -0.2) is 47.0 Å². The third-order valence-corrected chi connectivity index (χ3v) is 7.56. The number of nitrogens with zero attached hydrogens (tertiary/aromatic N) is 1. The molecule has 1 amide bonds. The Kier molecular flexibility index (Phi) is 8.06. The summed E-state index contributed by atoms with van der Waals surface area (Å²) in [6, 6.07) is 4.48. The molecule has 1 aromatic carbocycles. The summed E-state index contributed by atoms with van der Waals surface area (Å²) in [6.45, 7) is 11.4. The molecule has 3 fully saturated rings. The number of amides is 1. The number of esters is 1. The molecule has 6 nitrogen and oxygen atoms in total. The van der Waals surface area contributed by atoms with Gasteiger partial charge in [-0.15, -0.1) is 0 Å². The molecule has 2 bridgehead atoms. The summed E-state index contributed by atoms with van der Waals surface area (Å²) >= 11 is 0. The fraction of sp³-hybridized carbons (Fsp3) is 0.679. The number of carbonyl (C=O) groups excluding carboxylic acids is 3. The van der Waals surface area contributed by atoms with Crippen LogP contribution in [0.5, 0.6) is 0 Å². The van der Waals surface area contributed by atoms with Crippen LogP contribution in [-0.2, 0) is 25.2 Å². The lowest BCUT2D eigenvalue weighted by Crippen LogP contribution is -2.68. The molecular weight excluding hydrogens is 487 g/mol. The van der Waals surface area contributed by atoms with Crippen molar-refractivity contribution in [1.29, 1.82) is 0 Å². The molecule has 1 aromatic rings. The number of halogens is 3. The van der Waals surface area contributed by atoms with E-state index in [9.17, 15) is 27.6 Å². The predicted octanol–water partition coefficient (Wildman–Crippen LogP) is 6.52. The van der Waals surface area contributed by atoms with E-state index in [0.717, 1.165) is 12.1 Å². The van der Waals surface area contributed by atoms with Gasteiger partial charge in [0.15, 0.2) is 5.78 Å². The number of ether oxygens (including phenoxy) is 2. The highest BCUT2D eigenvalue weighted by Gasteiger charge is 2.67. The van der Waals surface area contributed by atoms with Crippen LogP contribution in [0.25, 0.3) is 0 Å². The molecule has 0 saturated heterocycles. The minimum atomic E-state index is -4.53. The van der Waals surface area contributed by atoms with Gasteiger partial charge in [-0.1, -0.05) is 26.0 Å². The van der Waals surface area contributed by atoms with Crippen LogP contribution in [0, 0.1) is 11.3 Å². The Bertz CT molecular complexity index is 1000. The summed E-state index contributed by atoms with van der Waals surface area (Å²) in [5.74, 6) is -1.73. The lowest BCUT2D eigenvalue weighted by Gasteiger charge is -2.59. The number of alkyl halides is 3. The van der Waals surface area contributed by atoms with Gasteiger partial charge in [0.2, 0.25) is 0 Å². The van der Waals surface area contributed by atoms with Gasteiger partial charge in [0.1, 0.15) is 11.0 Å². The Hall–Kier alpha value is -2.58. The van der Waals surface area contributed by atoms with E-state index in [0.29, 0.717) is 31.4 Å². The summed E-state index contributed by atoms with van der Waals surface area (Å²) < 4.78 is 50.9. The van der Waals surface area contributed by atoms with E-state index < -0.39 is 52.1 Å². The Balaban J connectivity index is 2.15. The quantitative estimate of drug-likeness (QED) is 0.299. The Morgan fingerprint density at radius 1 is 1.05 bits per heavy atom. The highest BCUT2D eigenvalue weighted by atomic mass is 19.4. The number of hydrogen-bond donors (Lipinski definition) is 0. The molecule has 0 radical (unpaired) electrons. The van der Waals surface area contributed by atoms with Gasteiger partial charge in [-0.3, -0.25) is 9.59 Å². The third kappa shape index (κ3) is 5.65. The molecule has 0 heterocycles. The monoisotopic (exact) mass is 525 g/mol. The Labute approximate surface area is 216 Å². The summed E-state index contributed by atoms with van der Waals surface area (Å²) in [6.07, 6.45) is -3.36. The number of benzene rings is 1. The number of Topliss-reactive ketones (excluding diaryl/α,β-unsaturated/α-hetero) is 1. The van der Waals surface area contributed by atoms with Crippen LogP contribution in [0.3, 0.4) is 0 Å². The molecular formula is C28H38F3NO5. The van der Waals surface area contributed by atoms with Gasteiger partial charge >= 0.3 is 18.2 Å². The Morgan fingerprint density at radius 3 is 2.08 bits per heavy atom. The lowest BCUT2D eigenvalue weighted by molar-refractivity contribution is -0.174. The zero-order valence-electron chi connectivity index (χ0n) is 22.5. The van der Waals surface area contributed by atoms with Crippen LogP contribution in [0.15, 0.2) is 24.3 Å². The molecule has 206 valence electrons. The molecule has 9 heteroatoms. The molecule has 3 saturated carbocycles. The summed E-state index contributed by atoms with van der Waals surface area (Å²) in [4.78, 5) is 42.4. The summed E-state index contributed by atoms with van der Waals surface area (Å²) in [5.41, 5.74) is -3.66. The maximum absolute atomic E-state index is 14.2. The first-order valence-electron chi connectivity index (χ1n) is 13.0. The first-order valence-corrected chi connectivity index (χ1v) is 13.0. The van der Waals surface area contributed by atoms with Crippen molar-refractivity contribution in [2.24, 2.45) is 11.3 Å². The van der Waals surface area contributed by atoms with Crippen LogP contribution in [0.4, 0.5) is 18.0 Å². The van der Waals surface area contributed by atoms with Crippen LogP contribution < -0.4 is 0 Å². The maximum Gasteiger partial charge on any atom is 0.416 e. The average molecular weight is 526 g/mol. The minimum Gasteiger partial charge on any atom is -0.465 e. The van der Waals surface area contributed by atoms with E-state index >= 15 is 0 Å². The number of hydrogen-bond acceptors (Lipinski definition) is 5. The topological polar surface area (TPSA) is 72.9 Å². The first kappa shape index (κ1) is 29.0. The number of fused-ring (bicyclic) bond motifs is 3. The normalized spacial score (nSPS) is 25.8. The van der Waals surface area contributed by atoms with Crippen molar-refractivity contribution < 1.29 is 37.0 Å². The van der Waals surface area contributed by atoms with Crippen molar-refractivity contribution in [2.45, 2.75) is 96.9 Å². The van der Waals surface area contributed by atoms with Crippen LogP contribution in [0.2, 0.25) is 0 Å². The van der Waals surface area contributed by atoms with Crippen molar-refractivity contribution in [3.8, 4) is 0 Å². The third-order valence-electron chi connectivity index (χ3n) is 7.56. The smallest absolute Gasteiger partial charge is 0.416 e. The lowest BCUT2D eigenvalue weighted by atomic mass is 9.50. The molecule has 3 aliphatic carbocycles. The molecule has 0 unspecified atom stereocenters. The van der Waals surface area contributed by atoms with E-state index in [1.165, 1.54) is 12.1 Å². The summed E-state index contributed by atoms with van der Waals surface area (Å²) in [7, 11) is 0. The first-order chi connectivity index (χ1) is 17.1. The molecule has 4 rings (SSSR count). The van der Waals surface area contributed by atoms with Gasteiger partial charge in [-0.05, 0) is 83.4 Å². The largest absolute Gasteiger partial charge is 0.465 e. The standard InChI is InChI=1S/C28H38F3NO5/c1-7-36-23(34)26-13-15-27(16-14-26,32(17-12-18(2)3)24(35)37-25(4,5)6)21(22(26)33)19-8-10-20(11-9-19)28(29,30)31/h8-11,18,21H,7,12-17H2,1-6H3/t21-,26?,27?/m0/s1. The van der Waals surface area contributed by atoms with Crippen molar-refractivity contribution >= 4 is 17.8 Å². The van der Waals surface area contributed by atoms with Crippen molar-refractivity contribution in [3.63, 3.8) is 0 Å². The molecule has 37 heavy (non-hydrogen) atoms. The molecule has 0 N–H and O–H groups in total.